The van der Waals surface area contributed by atoms with Crippen molar-refractivity contribution in [2.45, 2.75) is 6.92 Å². The van der Waals surface area contributed by atoms with Crippen molar-refractivity contribution in [3.8, 4) is 0 Å². The van der Waals surface area contributed by atoms with E-state index < -0.39 is 0 Å². The minimum absolute atomic E-state index is 0. The molecule has 0 saturated heterocycles. The molecule has 0 aliphatic rings. The van der Waals surface area contributed by atoms with Crippen LogP contribution in [-0.4, -0.2) is 0 Å². The maximum atomic E-state index is 3.69. The van der Waals surface area contributed by atoms with Crippen LogP contribution in [0.25, 0.3) is 27.6 Å². The van der Waals surface area contributed by atoms with Gasteiger partial charge in [0.05, 0.1) is 0 Å². The molecule has 0 spiro atoms. The third-order valence-electron chi connectivity index (χ3n) is 4.73. The first kappa shape index (κ1) is 32.0. The second-order valence-corrected chi connectivity index (χ2v) is 6.76. The Morgan fingerprint density at radius 2 is 0.750 bits per heavy atom. The summed E-state index contributed by atoms with van der Waals surface area (Å²) in [5, 5.41) is 5.24. The van der Waals surface area contributed by atoms with Gasteiger partial charge >= 0.3 is 110 Å². The molecular formula is C29H29KNa2. The van der Waals surface area contributed by atoms with E-state index in [0.29, 0.717) is 0 Å². The summed E-state index contributed by atoms with van der Waals surface area (Å²) in [5.74, 6) is 0. The average molecular weight is 463 g/mol. The van der Waals surface area contributed by atoms with E-state index in [2.05, 4.69) is 123 Å². The molecule has 148 valence electrons. The van der Waals surface area contributed by atoms with Crippen LogP contribution in [0.5, 0.6) is 0 Å². The Hall–Kier alpha value is -0.00364. The van der Waals surface area contributed by atoms with Crippen molar-refractivity contribution in [1.29, 1.82) is 0 Å². The second kappa shape index (κ2) is 18.3. The van der Waals surface area contributed by atoms with Crippen molar-refractivity contribution >= 4 is 27.6 Å². The molecule has 0 unspecified atom stereocenters. The zero-order valence-electron chi connectivity index (χ0n) is 22.8. The molecule has 0 N–H and O–H groups in total. The number of benzene rings is 5. The largest absolute Gasteiger partial charge is 1.00 e. The molecule has 0 atom stereocenters. The first-order valence-corrected chi connectivity index (χ1v) is 9.83. The molecule has 5 rings (SSSR count). The SMILES string of the molecule is C=Cc1ccccc1C.[H-].[H-].[H-].[K+].[Na+].[Na+].c1ccc2ccccc2c1.c1ccc2ccccc2c1. The van der Waals surface area contributed by atoms with E-state index in [4.69, 9.17) is 0 Å². The number of rotatable bonds is 1. The van der Waals surface area contributed by atoms with Gasteiger partial charge in [-0.15, -0.1) is 0 Å². The van der Waals surface area contributed by atoms with Gasteiger partial charge in [0.2, 0.25) is 0 Å². The van der Waals surface area contributed by atoms with Crippen LogP contribution in [0.4, 0.5) is 0 Å². The maximum Gasteiger partial charge on any atom is 1.00 e. The van der Waals surface area contributed by atoms with E-state index in [9.17, 15) is 0 Å². The summed E-state index contributed by atoms with van der Waals surface area (Å²) in [4.78, 5) is 0. The van der Waals surface area contributed by atoms with E-state index in [1.54, 1.807) is 0 Å². The molecule has 5 aromatic carbocycles. The molecule has 5 aromatic rings. The van der Waals surface area contributed by atoms with E-state index in [1.165, 1.54) is 32.7 Å². The van der Waals surface area contributed by atoms with Gasteiger partial charge in [0.25, 0.3) is 0 Å². The summed E-state index contributed by atoms with van der Waals surface area (Å²) in [6.07, 6.45) is 1.87. The predicted octanol–water partition coefficient (Wildman–Crippen LogP) is -0.333. The van der Waals surface area contributed by atoms with Crippen LogP contribution in [0.15, 0.2) is 128 Å². The summed E-state index contributed by atoms with van der Waals surface area (Å²) in [6.45, 7) is 5.77. The third-order valence-corrected chi connectivity index (χ3v) is 4.73. The zero-order chi connectivity index (χ0) is 20.3. The minimum Gasteiger partial charge on any atom is -1.00 e. The molecule has 0 heterocycles. The molecule has 0 aliphatic carbocycles. The molecule has 0 aromatic heterocycles. The van der Waals surface area contributed by atoms with E-state index in [1.807, 2.05) is 18.2 Å². The quantitative estimate of drug-likeness (QED) is 0.299. The molecule has 0 saturated carbocycles. The topological polar surface area (TPSA) is 0 Å². The van der Waals surface area contributed by atoms with Crippen molar-refractivity contribution in [1.82, 2.24) is 0 Å². The summed E-state index contributed by atoms with van der Waals surface area (Å²) in [5.41, 5.74) is 2.50. The van der Waals surface area contributed by atoms with Crippen LogP contribution in [-0.2, 0) is 0 Å². The van der Waals surface area contributed by atoms with Crippen LogP contribution >= 0.6 is 0 Å². The Labute approximate surface area is 284 Å². The van der Waals surface area contributed by atoms with Crippen LogP contribution in [0.2, 0.25) is 0 Å². The van der Waals surface area contributed by atoms with Crippen LogP contribution in [0.1, 0.15) is 15.4 Å². The summed E-state index contributed by atoms with van der Waals surface area (Å²) in [6, 6.07) is 41.6. The van der Waals surface area contributed by atoms with Gasteiger partial charge in [-0.2, -0.15) is 0 Å². The fourth-order valence-corrected chi connectivity index (χ4v) is 3.08. The number of hydrogen-bond donors (Lipinski definition) is 0. The number of fused-ring (bicyclic) bond motifs is 2. The van der Waals surface area contributed by atoms with E-state index >= 15 is 0 Å². The predicted molar refractivity (Wildman–Crippen MR) is 133 cm³/mol. The van der Waals surface area contributed by atoms with Crippen molar-refractivity contribution in [3.63, 3.8) is 0 Å². The van der Waals surface area contributed by atoms with Crippen molar-refractivity contribution in [2.75, 3.05) is 0 Å². The van der Waals surface area contributed by atoms with Crippen molar-refractivity contribution in [2.24, 2.45) is 0 Å². The molecule has 0 bridgehead atoms. The standard InChI is InChI=1S/2C10H8.C9H10.K.2Na.3H/c2*1-2-6-10-8-4-3-7-9(10)5-1;1-3-9-7-5-4-6-8(9)2;;;;;;/h2*1-8H;3-7H,1H2,2H3;;;;;;/q;;;3*+1;3*-1. The van der Waals surface area contributed by atoms with E-state index in [-0.39, 0.29) is 115 Å². The molecule has 0 radical (unpaired) electrons. The Bertz CT molecular complexity index is 1010. The Morgan fingerprint density at radius 1 is 0.500 bits per heavy atom. The molecule has 0 amide bonds. The van der Waals surface area contributed by atoms with Gasteiger partial charge < -0.3 is 4.28 Å². The fourth-order valence-electron chi connectivity index (χ4n) is 3.08. The fraction of sp³-hybridized carbons (Fsp3) is 0.0345. The van der Waals surface area contributed by atoms with Gasteiger partial charge in [0.1, 0.15) is 0 Å². The molecule has 0 fully saturated rings. The van der Waals surface area contributed by atoms with Gasteiger partial charge in [0, 0.05) is 0 Å². The second-order valence-electron chi connectivity index (χ2n) is 6.76. The van der Waals surface area contributed by atoms with Crippen molar-refractivity contribution in [3.05, 3.63) is 139 Å². The molecule has 3 heteroatoms. The van der Waals surface area contributed by atoms with Gasteiger partial charge in [0.15, 0.2) is 0 Å². The van der Waals surface area contributed by atoms with Gasteiger partial charge in [-0.25, -0.2) is 0 Å². The molecule has 0 aliphatic heterocycles. The van der Waals surface area contributed by atoms with Gasteiger partial charge in [-0.1, -0.05) is 134 Å². The minimum atomic E-state index is 0. The normalized spacial score (nSPS) is 8.78. The first-order valence-electron chi connectivity index (χ1n) is 9.83. The first-order chi connectivity index (χ1) is 14.3. The van der Waals surface area contributed by atoms with Gasteiger partial charge in [-0.3, -0.25) is 0 Å². The number of hydrogen-bond acceptors (Lipinski definition) is 0. The van der Waals surface area contributed by atoms with Crippen LogP contribution in [0.3, 0.4) is 0 Å². The third kappa shape index (κ3) is 10.5. The summed E-state index contributed by atoms with van der Waals surface area (Å²) >= 11 is 0. The molecular weight excluding hydrogens is 433 g/mol. The van der Waals surface area contributed by atoms with Crippen molar-refractivity contribution < 1.29 is 115 Å². The Morgan fingerprint density at radius 3 is 0.969 bits per heavy atom. The monoisotopic (exact) mass is 462 g/mol. The van der Waals surface area contributed by atoms with Crippen LogP contribution in [0, 0.1) is 6.92 Å². The van der Waals surface area contributed by atoms with Crippen LogP contribution < -0.4 is 110 Å². The molecule has 0 nitrogen and oxygen atoms in total. The Balaban J connectivity index is -0.000000190. The smallest absolute Gasteiger partial charge is 1.00 e. The van der Waals surface area contributed by atoms with E-state index in [0.717, 1.165) is 0 Å². The van der Waals surface area contributed by atoms with Gasteiger partial charge in [-0.05, 0) is 39.6 Å². The summed E-state index contributed by atoms with van der Waals surface area (Å²) < 4.78 is 0. The molecule has 32 heavy (non-hydrogen) atoms. The maximum absolute atomic E-state index is 3.69. The summed E-state index contributed by atoms with van der Waals surface area (Å²) in [7, 11) is 0. The average Bonchev–Trinajstić information content (AvgIpc) is 2.80. The zero-order valence-corrected chi connectivity index (χ0v) is 27.0. The number of aryl methyl sites for hydroxylation is 1. The Kier molecular flexibility index (Phi) is 18.3.